The third-order valence-electron chi connectivity index (χ3n) is 4.19. The van der Waals surface area contributed by atoms with Gasteiger partial charge in [0.05, 0.1) is 12.0 Å². The predicted octanol–water partition coefficient (Wildman–Crippen LogP) is 3.77. The Morgan fingerprint density at radius 2 is 1.75 bits per heavy atom. The fourth-order valence-corrected chi connectivity index (χ4v) is 3.51. The van der Waals surface area contributed by atoms with Crippen molar-refractivity contribution in [3.8, 4) is 5.88 Å². The summed E-state index contributed by atoms with van der Waals surface area (Å²) < 4.78 is 37.5. The van der Waals surface area contributed by atoms with Gasteiger partial charge in [-0.05, 0) is 48.0 Å². The molecule has 32 heavy (non-hydrogen) atoms. The normalized spacial score (nSPS) is 11.3. The molecule has 9 heteroatoms. The molecule has 3 rings (SSSR count). The number of methoxy groups -OCH3 is 1. The maximum atomic E-state index is 12.6. The fraction of sp³-hybridized carbons (Fsp3) is 0.130. The Hall–Kier alpha value is -3.69. The average molecular weight is 454 g/mol. The third-order valence-corrected chi connectivity index (χ3v) is 5.21. The van der Waals surface area contributed by atoms with Gasteiger partial charge in [-0.15, -0.1) is 0 Å². The van der Waals surface area contributed by atoms with Crippen molar-refractivity contribution in [2.75, 3.05) is 30.4 Å². The van der Waals surface area contributed by atoms with Gasteiger partial charge in [0, 0.05) is 24.6 Å². The van der Waals surface area contributed by atoms with Gasteiger partial charge in [0.2, 0.25) is 5.88 Å². The highest BCUT2D eigenvalue weighted by atomic mass is 32.2. The van der Waals surface area contributed by atoms with Crippen LogP contribution in [0.1, 0.15) is 15.9 Å². The quantitative estimate of drug-likeness (QED) is 0.453. The number of carbonyl (C=O) groups is 1. The monoisotopic (exact) mass is 453 g/mol. The van der Waals surface area contributed by atoms with Crippen LogP contribution in [0.15, 0.2) is 78.3 Å². The van der Waals surface area contributed by atoms with E-state index in [-0.39, 0.29) is 11.8 Å². The van der Waals surface area contributed by atoms with E-state index in [2.05, 4.69) is 15.0 Å². The number of hydrogen-bond donors (Lipinski definition) is 2. The molecule has 0 spiro atoms. The summed E-state index contributed by atoms with van der Waals surface area (Å²) in [7, 11) is -2.13. The van der Waals surface area contributed by atoms with Crippen LogP contribution in [0.3, 0.4) is 0 Å². The number of benzene rings is 2. The molecule has 0 atom stereocenters. The molecule has 0 unspecified atom stereocenters. The summed E-state index contributed by atoms with van der Waals surface area (Å²) in [5.74, 6) is -0.0968. The summed E-state index contributed by atoms with van der Waals surface area (Å²) in [5.41, 5.74) is 1.87. The molecule has 2 N–H and O–H groups in total. The molecule has 8 nitrogen and oxygen atoms in total. The van der Waals surface area contributed by atoms with E-state index >= 15 is 0 Å². The van der Waals surface area contributed by atoms with E-state index in [4.69, 9.17) is 9.47 Å². The lowest BCUT2D eigenvalue weighted by Crippen LogP contribution is -2.15. The fourth-order valence-electron chi connectivity index (χ4n) is 2.64. The van der Waals surface area contributed by atoms with Crippen molar-refractivity contribution < 1.29 is 22.7 Å². The Morgan fingerprint density at radius 1 is 1.00 bits per heavy atom. The maximum absolute atomic E-state index is 12.6. The van der Waals surface area contributed by atoms with Crippen LogP contribution in [-0.4, -0.2) is 39.6 Å². The second-order valence-electron chi connectivity index (χ2n) is 6.59. The molecule has 0 aliphatic rings. The minimum atomic E-state index is -3.70. The lowest BCUT2D eigenvalue weighted by molar-refractivity contribution is 0.102. The zero-order valence-corrected chi connectivity index (χ0v) is 18.2. The molecule has 166 valence electrons. The smallest absolute Gasteiger partial charge is 0.255 e. The second kappa shape index (κ2) is 11.1. The first-order valence-corrected chi connectivity index (χ1v) is 11.3. The molecule has 3 aromatic rings. The van der Waals surface area contributed by atoms with E-state index in [1.54, 1.807) is 37.6 Å². The molecular formula is C23H23N3O5S. The van der Waals surface area contributed by atoms with E-state index in [1.807, 2.05) is 18.2 Å². The number of anilines is 2. The molecule has 2 aromatic carbocycles. The molecule has 0 bridgehead atoms. The van der Waals surface area contributed by atoms with Gasteiger partial charge < -0.3 is 14.8 Å². The van der Waals surface area contributed by atoms with Gasteiger partial charge in [-0.25, -0.2) is 13.4 Å². The lowest BCUT2D eigenvalue weighted by Gasteiger charge is -2.11. The topological polar surface area (TPSA) is 107 Å². The minimum Gasteiger partial charge on any atom is -0.474 e. The van der Waals surface area contributed by atoms with Crippen molar-refractivity contribution in [2.24, 2.45) is 0 Å². The van der Waals surface area contributed by atoms with Crippen LogP contribution in [0, 0.1) is 0 Å². The summed E-state index contributed by atoms with van der Waals surface area (Å²) in [6, 6.07) is 18.5. The van der Waals surface area contributed by atoms with Crippen LogP contribution in [-0.2, 0) is 14.8 Å². The zero-order chi connectivity index (χ0) is 22.8. The lowest BCUT2D eigenvalue weighted by atomic mass is 10.2. The number of carbonyl (C=O) groups excluding carboxylic acids is 1. The van der Waals surface area contributed by atoms with Gasteiger partial charge in [-0.2, -0.15) is 0 Å². The van der Waals surface area contributed by atoms with Gasteiger partial charge >= 0.3 is 0 Å². The first-order chi connectivity index (χ1) is 15.5. The van der Waals surface area contributed by atoms with Gasteiger partial charge in [0.15, 0.2) is 0 Å². The Morgan fingerprint density at radius 3 is 2.47 bits per heavy atom. The van der Waals surface area contributed by atoms with Crippen LogP contribution < -0.4 is 14.8 Å². The summed E-state index contributed by atoms with van der Waals surface area (Å²) in [5, 5.41) is 3.84. The number of hydrogen-bond acceptors (Lipinski definition) is 6. The standard InChI is InChI=1S/C23H23N3O5S/c1-30-15-16-31-23-21(8-5-14-24-23)25-22(27)19-9-11-20(12-10-19)26-32(28,29)17-13-18-6-3-2-4-7-18/h2-14,17,26H,15-16H2,1H3,(H,25,27)/b17-13+. The number of amides is 1. The van der Waals surface area contributed by atoms with Gasteiger partial charge in [-0.1, -0.05) is 30.3 Å². The summed E-state index contributed by atoms with van der Waals surface area (Å²) in [4.78, 5) is 16.7. The number of aromatic nitrogens is 1. The summed E-state index contributed by atoms with van der Waals surface area (Å²) in [6.45, 7) is 0.686. The van der Waals surface area contributed by atoms with E-state index in [0.717, 1.165) is 11.0 Å². The van der Waals surface area contributed by atoms with E-state index < -0.39 is 10.0 Å². The van der Waals surface area contributed by atoms with E-state index in [0.29, 0.717) is 30.2 Å². The molecule has 0 saturated heterocycles. The van der Waals surface area contributed by atoms with Crippen molar-refractivity contribution in [1.29, 1.82) is 0 Å². The molecule has 0 aliphatic carbocycles. The Balaban J connectivity index is 1.63. The number of nitrogens with one attached hydrogen (secondary N) is 2. The highest BCUT2D eigenvalue weighted by molar-refractivity contribution is 7.95. The Labute approximate surface area is 187 Å². The van der Waals surface area contributed by atoms with Crippen LogP contribution >= 0.6 is 0 Å². The Kier molecular flexibility index (Phi) is 7.96. The summed E-state index contributed by atoms with van der Waals surface area (Å²) >= 11 is 0. The number of rotatable bonds is 10. The number of ether oxygens (including phenoxy) is 2. The zero-order valence-electron chi connectivity index (χ0n) is 17.4. The van der Waals surface area contributed by atoms with Gasteiger partial charge in [-0.3, -0.25) is 9.52 Å². The van der Waals surface area contributed by atoms with Gasteiger partial charge in [0.1, 0.15) is 12.3 Å². The summed E-state index contributed by atoms with van der Waals surface area (Å²) in [6.07, 6.45) is 3.06. The number of sulfonamides is 1. The molecular weight excluding hydrogens is 430 g/mol. The molecule has 1 heterocycles. The molecule has 0 radical (unpaired) electrons. The largest absolute Gasteiger partial charge is 0.474 e. The molecule has 1 amide bonds. The molecule has 0 saturated carbocycles. The van der Waals surface area contributed by atoms with Crippen LogP contribution in [0.2, 0.25) is 0 Å². The number of pyridine rings is 1. The van der Waals surface area contributed by atoms with Crippen molar-refractivity contribution >= 4 is 33.4 Å². The van der Waals surface area contributed by atoms with Gasteiger partial charge in [0.25, 0.3) is 15.9 Å². The van der Waals surface area contributed by atoms with Crippen LogP contribution in [0.25, 0.3) is 6.08 Å². The average Bonchev–Trinajstić information content (AvgIpc) is 2.80. The first kappa shape index (κ1) is 23.0. The number of nitrogens with zero attached hydrogens (tertiary/aromatic N) is 1. The highest BCUT2D eigenvalue weighted by Crippen LogP contribution is 2.22. The first-order valence-electron chi connectivity index (χ1n) is 9.71. The van der Waals surface area contributed by atoms with Crippen molar-refractivity contribution in [2.45, 2.75) is 0 Å². The van der Waals surface area contributed by atoms with E-state index in [1.165, 1.54) is 30.3 Å². The maximum Gasteiger partial charge on any atom is 0.255 e. The van der Waals surface area contributed by atoms with E-state index in [9.17, 15) is 13.2 Å². The van der Waals surface area contributed by atoms with Crippen molar-refractivity contribution in [3.63, 3.8) is 0 Å². The van der Waals surface area contributed by atoms with Crippen molar-refractivity contribution in [1.82, 2.24) is 4.98 Å². The van der Waals surface area contributed by atoms with Crippen molar-refractivity contribution in [3.05, 3.63) is 89.5 Å². The minimum absolute atomic E-state index is 0.285. The SMILES string of the molecule is COCCOc1ncccc1NC(=O)c1ccc(NS(=O)(=O)/C=C/c2ccccc2)cc1. The molecule has 0 aliphatic heterocycles. The highest BCUT2D eigenvalue weighted by Gasteiger charge is 2.12. The van der Waals surface area contributed by atoms with Crippen LogP contribution in [0.5, 0.6) is 5.88 Å². The Bertz CT molecular complexity index is 1160. The predicted molar refractivity (Wildman–Crippen MR) is 124 cm³/mol. The third kappa shape index (κ3) is 6.93. The molecule has 0 fully saturated rings. The second-order valence-corrected chi connectivity index (χ2v) is 8.16. The van der Waals surface area contributed by atoms with Crippen LogP contribution in [0.4, 0.5) is 11.4 Å². The molecule has 1 aromatic heterocycles.